The standard InChI is InChI=1S/C16H11Cl2N3/c1-10-2-5-14-13(6-10)20-16(8-17)21(14)15-7-12(18)4-3-11(15)9-19/h2-7H,8H2,1H3. The maximum Gasteiger partial charge on any atom is 0.129 e. The van der Waals surface area contributed by atoms with Crippen LogP contribution in [0.3, 0.4) is 0 Å². The van der Waals surface area contributed by atoms with Gasteiger partial charge in [-0.2, -0.15) is 5.26 Å². The number of aryl methyl sites for hydroxylation is 1. The minimum Gasteiger partial charge on any atom is -0.294 e. The lowest BCUT2D eigenvalue weighted by molar-refractivity contribution is 0.978. The third-order valence-corrected chi connectivity index (χ3v) is 3.79. The smallest absolute Gasteiger partial charge is 0.129 e. The van der Waals surface area contributed by atoms with Crippen LogP contribution < -0.4 is 0 Å². The van der Waals surface area contributed by atoms with E-state index < -0.39 is 0 Å². The second-order valence-corrected chi connectivity index (χ2v) is 5.47. The molecule has 0 bridgehead atoms. The molecule has 0 aliphatic heterocycles. The number of hydrogen-bond acceptors (Lipinski definition) is 2. The van der Waals surface area contributed by atoms with Gasteiger partial charge in [-0.05, 0) is 42.8 Å². The van der Waals surface area contributed by atoms with Gasteiger partial charge in [-0.15, -0.1) is 11.6 Å². The highest BCUT2D eigenvalue weighted by Gasteiger charge is 2.15. The number of fused-ring (bicyclic) bond motifs is 1. The lowest BCUT2D eigenvalue weighted by Crippen LogP contribution is -2.02. The lowest BCUT2D eigenvalue weighted by atomic mass is 10.1. The summed E-state index contributed by atoms with van der Waals surface area (Å²) in [7, 11) is 0. The van der Waals surface area contributed by atoms with Crippen molar-refractivity contribution >= 4 is 34.2 Å². The molecule has 0 radical (unpaired) electrons. The number of nitrogens with zero attached hydrogens (tertiary/aromatic N) is 3. The molecule has 1 aromatic heterocycles. The van der Waals surface area contributed by atoms with E-state index in [1.165, 1.54) is 0 Å². The third-order valence-electron chi connectivity index (χ3n) is 3.32. The van der Waals surface area contributed by atoms with Crippen LogP contribution >= 0.6 is 23.2 Å². The quantitative estimate of drug-likeness (QED) is 0.648. The summed E-state index contributed by atoms with van der Waals surface area (Å²) in [6.45, 7) is 2.01. The number of aromatic nitrogens is 2. The molecule has 0 aliphatic rings. The maximum atomic E-state index is 9.33. The zero-order valence-electron chi connectivity index (χ0n) is 11.3. The van der Waals surface area contributed by atoms with Crippen molar-refractivity contribution in [1.82, 2.24) is 9.55 Å². The van der Waals surface area contributed by atoms with Crippen LogP contribution in [-0.2, 0) is 5.88 Å². The lowest BCUT2D eigenvalue weighted by Gasteiger charge is -2.10. The van der Waals surface area contributed by atoms with Gasteiger partial charge in [-0.3, -0.25) is 4.57 Å². The van der Waals surface area contributed by atoms with Crippen LogP contribution in [0.15, 0.2) is 36.4 Å². The molecule has 0 atom stereocenters. The Balaban J connectivity index is 2.39. The Morgan fingerprint density at radius 1 is 1.24 bits per heavy atom. The molecular weight excluding hydrogens is 305 g/mol. The minimum atomic E-state index is 0.255. The van der Waals surface area contributed by atoms with E-state index >= 15 is 0 Å². The molecule has 0 N–H and O–H groups in total. The highest BCUT2D eigenvalue weighted by molar-refractivity contribution is 6.30. The summed E-state index contributed by atoms with van der Waals surface area (Å²) in [5.41, 5.74) is 4.13. The Hall–Kier alpha value is -2.02. The summed E-state index contributed by atoms with van der Waals surface area (Å²) in [5, 5.41) is 9.90. The van der Waals surface area contributed by atoms with E-state index in [0.29, 0.717) is 22.1 Å². The fourth-order valence-electron chi connectivity index (χ4n) is 2.38. The van der Waals surface area contributed by atoms with E-state index in [1.54, 1.807) is 18.2 Å². The predicted octanol–water partition coefficient (Wildman–Crippen LogP) is 4.60. The van der Waals surface area contributed by atoms with Crippen molar-refractivity contribution in [2.45, 2.75) is 12.8 Å². The molecule has 0 aliphatic carbocycles. The number of nitriles is 1. The summed E-state index contributed by atoms with van der Waals surface area (Å²) in [6.07, 6.45) is 0. The van der Waals surface area contributed by atoms with Crippen molar-refractivity contribution in [1.29, 1.82) is 5.26 Å². The Bertz CT molecular complexity index is 875. The second kappa shape index (κ2) is 5.40. The van der Waals surface area contributed by atoms with Crippen molar-refractivity contribution in [3.8, 4) is 11.8 Å². The molecule has 0 unspecified atom stereocenters. The maximum absolute atomic E-state index is 9.33. The zero-order chi connectivity index (χ0) is 15.0. The highest BCUT2D eigenvalue weighted by Crippen LogP contribution is 2.27. The third kappa shape index (κ3) is 2.37. The number of imidazole rings is 1. The molecule has 0 spiro atoms. The van der Waals surface area contributed by atoms with E-state index in [0.717, 1.165) is 16.6 Å². The van der Waals surface area contributed by atoms with E-state index in [4.69, 9.17) is 23.2 Å². The van der Waals surface area contributed by atoms with Crippen molar-refractivity contribution in [3.05, 3.63) is 58.4 Å². The van der Waals surface area contributed by atoms with Crippen LogP contribution in [0.4, 0.5) is 0 Å². The number of hydrogen-bond donors (Lipinski definition) is 0. The average Bonchev–Trinajstić information content (AvgIpc) is 2.84. The summed E-state index contributed by atoms with van der Waals surface area (Å²) < 4.78 is 1.90. The van der Waals surface area contributed by atoms with Crippen molar-refractivity contribution < 1.29 is 0 Å². The Labute approximate surface area is 132 Å². The summed E-state index contributed by atoms with van der Waals surface area (Å²) >= 11 is 12.1. The predicted molar refractivity (Wildman–Crippen MR) is 85.1 cm³/mol. The average molecular weight is 316 g/mol. The van der Waals surface area contributed by atoms with Crippen LogP contribution in [-0.4, -0.2) is 9.55 Å². The SMILES string of the molecule is Cc1ccc2c(c1)nc(CCl)n2-c1cc(Cl)ccc1C#N. The fourth-order valence-corrected chi connectivity index (χ4v) is 2.73. The van der Waals surface area contributed by atoms with Gasteiger partial charge in [0.2, 0.25) is 0 Å². The molecule has 3 nitrogen and oxygen atoms in total. The minimum absolute atomic E-state index is 0.255. The number of rotatable bonds is 2. The van der Waals surface area contributed by atoms with Crippen molar-refractivity contribution in [2.24, 2.45) is 0 Å². The molecule has 104 valence electrons. The van der Waals surface area contributed by atoms with Gasteiger partial charge in [-0.1, -0.05) is 17.7 Å². The Kier molecular flexibility index (Phi) is 3.59. The van der Waals surface area contributed by atoms with E-state index in [2.05, 4.69) is 11.1 Å². The first kappa shape index (κ1) is 13.9. The Morgan fingerprint density at radius 3 is 2.76 bits per heavy atom. The summed E-state index contributed by atoms with van der Waals surface area (Å²) in [5.74, 6) is 0.946. The molecule has 0 fully saturated rings. The first-order valence-corrected chi connectivity index (χ1v) is 7.29. The molecule has 3 aromatic rings. The molecule has 0 saturated heterocycles. The van der Waals surface area contributed by atoms with Gasteiger partial charge < -0.3 is 0 Å². The molecule has 0 saturated carbocycles. The monoisotopic (exact) mass is 315 g/mol. The molecule has 0 amide bonds. The molecule has 1 heterocycles. The molecule has 21 heavy (non-hydrogen) atoms. The van der Waals surface area contributed by atoms with E-state index in [9.17, 15) is 5.26 Å². The zero-order valence-corrected chi connectivity index (χ0v) is 12.8. The van der Waals surface area contributed by atoms with Gasteiger partial charge in [0.15, 0.2) is 0 Å². The van der Waals surface area contributed by atoms with Gasteiger partial charge in [0.05, 0.1) is 28.2 Å². The summed E-state index contributed by atoms with van der Waals surface area (Å²) in [4.78, 5) is 4.55. The largest absolute Gasteiger partial charge is 0.294 e. The van der Waals surface area contributed by atoms with Crippen LogP contribution in [0.2, 0.25) is 5.02 Å². The number of benzene rings is 2. The molecule has 3 rings (SSSR count). The van der Waals surface area contributed by atoms with Crippen LogP contribution in [0.1, 0.15) is 17.0 Å². The Morgan fingerprint density at radius 2 is 2.05 bits per heavy atom. The van der Waals surface area contributed by atoms with Crippen molar-refractivity contribution in [3.63, 3.8) is 0 Å². The second-order valence-electron chi connectivity index (χ2n) is 4.76. The van der Waals surface area contributed by atoms with E-state index in [1.807, 2.05) is 29.7 Å². The molecular formula is C16H11Cl2N3. The van der Waals surface area contributed by atoms with Gasteiger partial charge >= 0.3 is 0 Å². The first-order valence-electron chi connectivity index (χ1n) is 6.38. The van der Waals surface area contributed by atoms with Crippen LogP contribution in [0, 0.1) is 18.3 Å². The van der Waals surface area contributed by atoms with Crippen LogP contribution in [0.25, 0.3) is 16.7 Å². The molecule has 5 heteroatoms. The highest BCUT2D eigenvalue weighted by atomic mass is 35.5. The topological polar surface area (TPSA) is 41.6 Å². The van der Waals surface area contributed by atoms with Gasteiger partial charge in [-0.25, -0.2) is 4.98 Å². The van der Waals surface area contributed by atoms with Gasteiger partial charge in [0, 0.05) is 5.02 Å². The number of halogens is 2. The van der Waals surface area contributed by atoms with Gasteiger partial charge in [0.25, 0.3) is 0 Å². The molecule has 2 aromatic carbocycles. The number of alkyl halides is 1. The fraction of sp³-hybridized carbons (Fsp3) is 0.125. The normalized spacial score (nSPS) is 10.8. The van der Waals surface area contributed by atoms with Crippen molar-refractivity contribution in [2.75, 3.05) is 0 Å². The first-order chi connectivity index (χ1) is 10.1. The van der Waals surface area contributed by atoms with Crippen LogP contribution in [0.5, 0.6) is 0 Å². The summed E-state index contributed by atoms with van der Waals surface area (Å²) in [6, 6.07) is 13.3. The van der Waals surface area contributed by atoms with Gasteiger partial charge in [0.1, 0.15) is 11.9 Å². The van der Waals surface area contributed by atoms with E-state index in [-0.39, 0.29) is 5.88 Å².